The average molecular weight is 369 g/mol. The van der Waals surface area contributed by atoms with Gasteiger partial charge in [-0.05, 0) is 37.0 Å². The lowest BCUT2D eigenvalue weighted by molar-refractivity contribution is 0.552. The first-order valence-corrected chi connectivity index (χ1v) is 10.5. The maximum atomic E-state index is 13.3. The summed E-state index contributed by atoms with van der Waals surface area (Å²) in [7, 11) is -0.991. The second-order valence-corrected chi connectivity index (χ2v) is 9.78. The van der Waals surface area contributed by atoms with E-state index in [4.69, 9.17) is 0 Å². The number of hydrogen-bond acceptors (Lipinski definition) is 5. The normalized spacial score (nSPS) is 21.0. The standard InChI is InChI=1S/C16H20FN3O2S2/c1-11(13-4-3-5-14(17)9-13)23-16-19-18-15(20(16)2)8-12-6-7-24(21,22)10-12/h3-5,9,11-12H,6-8,10H2,1-2H3/t11-,12-/m0/s1. The van der Waals surface area contributed by atoms with E-state index >= 15 is 0 Å². The molecular weight excluding hydrogens is 349 g/mol. The van der Waals surface area contributed by atoms with E-state index in [1.807, 2.05) is 24.6 Å². The van der Waals surface area contributed by atoms with Gasteiger partial charge in [0.1, 0.15) is 11.6 Å². The van der Waals surface area contributed by atoms with E-state index < -0.39 is 9.84 Å². The molecule has 0 radical (unpaired) electrons. The van der Waals surface area contributed by atoms with Crippen LogP contribution in [0.15, 0.2) is 29.4 Å². The summed E-state index contributed by atoms with van der Waals surface area (Å²) in [5, 5.41) is 9.23. The summed E-state index contributed by atoms with van der Waals surface area (Å²) < 4.78 is 38.4. The fourth-order valence-electron chi connectivity index (χ4n) is 2.90. The van der Waals surface area contributed by atoms with Crippen molar-refractivity contribution in [2.45, 2.75) is 30.2 Å². The summed E-state index contributed by atoms with van der Waals surface area (Å²) >= 11 is 1.51. The van der Waals surface area contributed by atoms with Crippen molar-refractivity contribution in [3.8, 4) is 0 Å². The summed E-state index contributed by atoms with van der Waals surface area (Å²) in [6, 6.07) is 6.54. The number of halogens is 1. The molecule has 2 atom stereocenters. The van der Waals surface area contributed by atoms with Crippen LogP contribution in [0, 0.1) is 11.7 Å². The van der Waals surface area contributed by atoms with Crippen LogP contribution in [0.1, 0.15) is 30.0 Å². The third kappa shape index (κ3) is 3.97. The molecule has 0 aliphatic carbocycles. The Labute approximate surface area is 145 Å². The highest BCUT2D eigenvalue weighted by Crippen LogP contribution is 2.34. The molecule has 0 spiro atoms. The van der Waals surface area contributed by atoms with Gasteiger partial charge in [0.25, 0.3) is 0 Å². The third-order valence-corrected chi connectivity index (χ3v) is 7.35. The second kappa shape index (κ2) is 6.84. The molecule has 3 rings (SSSR count). The van der Waals surface area contributed by atoms with Gasteiger partial charge in [0.2, 0.25) is 0 Å². The monoisotopic (exact) mass is 369 g/mol. The van der Waals surface area contributed by atoms with Gasteiger partial charge in [-0.25, -0.2) is 12.8 Å². The topological polar surface area (TPSA) is 64.8 Å². The van der Waals surface area contributed by atoms with Crippen LogP contribution in [0.3, 0.4) is 0 Å². The lowest BCUT2D eigenvalue weighted by atomic mass is 10.1. The quantitative estimate of drug-likeness (QED) is 0.758. The Bertz CT molecular complexity index is 836. The molecule has 1 aliphatic rings. The highest BCUT2D eigenvalue weighted by Gasteiger charge is 2.29. The van der Waals surface area contributed by atoms with Crippen LogP contribution in [0.25, 0.3) is 0 Å². The lowest BCUT2D eigenvalue weighted by Crippen LogP contribution is -2.11. The number of thioether (sulfide) groups is 1. The minimum atomic E-state index is -2.88. The Morgan fingerprint density at radius 2 is 2.21 bits per heavy atom. The summed E-state index contributed by atoms with van der Waals surface area (Å²) in [6.07, 6.45) is 1.31. The average Bonchev–Trinajstić information content (AvgIpc) is 3.03. The van der Waals surface area contributed by atoms with Gasteiger partial charge in [0.05, 0.1) is 11.5 Å². The zero-order valence-corrected chi connectivity index (χ0v) is 15.3. The van der Waals surface area contributed by atoms with Crippen molar-refractivity contribution in [3.05, 3.63) is 41.5 Å². The summed E-state index contributed by atoms with van der Waals surface area (Å²) in [4.78, 5) is 0. The van der Waals surface area contributed by atoms with Crippen molar-refractivity contribution in [3.63, 3.8) is 0 Å². The number of sulfone groups is 1. The van der Waals surface area contributed by atoms with Crippen LogP contribution in [-0.4, -0.2) is 34.7 Å². The van der Waals surface area contributed by atoms with Gasteiger partial charge < -0.3 is 4.57 Å². The van der Waals surface area contributed by atoms with E-state index in [1.165, 1.54) is 23.9 Å². The Morgan fingerprint density at radius 3 is 2.88 bits per heavy atom. The third-order valence-electron chi connectivity index (χ3n) is 4.32. The predicted octanol–water partition coefficient (Wildman–Crippen LogP) is 2.78. The van der Waals surface area contributed by atoms with Crippen molar-refractivity contribution >= 4 is 21.6 Å². The first-order valence-electron chi connectivity index (χ1n) is 7.85. The van der Waals surface area contributed by atoms with E-state index in [1.54, 1.807) is 6.07 Å². The number of benzene rings is 1. The zero-order valence-electron chi connectivity index (χ0n) is 13.6. The molecule has 8 heteroatoms. The molecule has 130 valence electrons. The van der Waals surface area contributed by atoms with Gasteiger partial charge in [-0.1, -0.05) is 23.9 Å². The number of rotatable bonds is 5. The fraction of sp³-hybridized carbons (Fsp3) is 0.500. The smallest absolute Gasteiger partial charge is 0.191 e. The molecule has 1 aromatic heterocycles. The lowest BCUT2D eigenvalue weighted by Gasteiger charge is -2.12. The van der Waals surface area contributed by atoms with Crippen molar-refractivity contribution in [2.75, 3.05) is 11.5 Å². The van der Waals surface area contributed by atoms with E-state index in [-0.39, 0.29) is 28.5 Å². The number of aromatic nitrogens is 3. The van der Waals surface area contributed by atoms with Crippen LogP contribution in [0.2, 0.25) is 0 Å². The van der Waals surface area contributed by atoms with Gasteiger partial charge >= 0.3 is 0 Å². The molecule has 1 aromatic carbocycles. The van der Waals surface area contributed by atoms with Gasteiger partial charge in [0.15, 0.2) is 15.0 Å². The van der Waals surface area contributed by atoms with Gasteiger partial charge in [-0.15, -0.1) is 10.2 Å². The molecular formula is C16H20FN3O2S2. The SMILES string of the molecule is C[C@H](Sc1nnc(C[C@@H]2CCS(=O)(=O)C2)n1C)c1cccc(F)c1. The zero-order chi connectivity index (χ0) is 17.3. The summed E-state index contributed by atoms with van der Waals surface area (Å²) in [6.45, 7) is 2.00. The summed E-state index contributed by atoms with van der Waals surface area (Å²) in [5.74, 6) is 1.18. The molecule has 1 aliphatic heterocycles. The molecule has 24 heavy (non-hydrogen) atoms. The van der Waals surface area contributed by atoms with Gasteiger partial charge in [-0.3, -0.25) is 0 Å². The Kier molecular flexibility index (Phi) is 4.96. The minimum Gasteiger partial charge on any atom is -0.309 e. The van der Waals surface area contributed by atoms with Crippen LogP contribution in [0.4, 0.5) is 4.39 Å². The predicted molar refractivity (Wildman–Crippen MR) is 92.1 cm³/mol. The number of hydrogen-bond donors (Lipinski definition) is 0. The van der Waals surface area contributed by atoms with Crippen LogP contribution in [0.5, 0.6) is 0 Å². The largest absolute Gasteiger partial charge is 0.309 e. The molecule has 0 amide bonds. The van der Waals surface area contributed by atoms with E-state index in [0.29, 0.717) is 12.8 Å². The van der Waals surface area contributed by atoms with Crippen LogP contribution in [-0.2, 0) is 23.3 Å². The first-order chi connectivity index (χ1) is 11.3. The van der Waals surface area contributed by atoms with Crippen molar-refractivity contribution in [1.82, 2.24) is 14.8 Å². The highest BCUT2D eigenvalue weighted by molar-refractivity contribution is 7.99. The molecule has 0 saturated carbocycles. The van der Waals surface area contributed by atoms with E-state index in [9.17, 15) is 12.8 Å². The van der Waals surface area contributed by atoms with Gasteiger partial charge in [0, 0.05) is 18.7 Å². The first kappa shape index (κ1) is 17.4. The van der Waals surface area contributed by atoms with E-state index in [2.05, 4.69) is 10.2 Å². The Hall–Kier alpha value is -1.41. The molecule has 5 nitrogen and oxygen atoms in total. The summed E-state index contributed by atoms with van der Waals surface area (Å²) in [5.41, 5.74) is 0.895. The minimum absolute atomic E-state index is 0.0447. The highest BCUT2D eigenvalue weighted by atomic mass is 32.2. The maximum absolute atomic E-state index is 13.3. The van der Waals surface area contributed by atoms with Gasteiger partial charge in [-0.2, -0.15) is 0 Å². The van der Waals surface area contributed by atoms with Crippen molar-refractivity contribution in [1.29, 1.82) is 0 Å². The number of nitrogens with zero attached hydrogens (tertiary/aromatic N) is 3. The Morgan fingerprint density at radius 1 is 1.42 bits per heavy atom. The Balaban J connectivity index is 1.69. The second-order valence-electron chi connectivity index (χ2n) is 6.25. The van der Waals surface area contributed by atoms with E-state index in [0.717, 1.165) is 16.5 Å². The molecule has 0 unspecified atom stereocenters. The molecule has 2 heterocycles. The molecule has 1 fully saturated rings. The van der Waals surface area contributed by atoms with Crippen molar-refractivity contribution in [2.24, 2.45) is 13.0 Å². The fourth-order valence-corrected chi connectivity index (χ4v) is 5.71. The maximum Gasteiger partial charge on any atom is 0.191 e. The molecule has 1 saturated heterocycles. The molecule has 2 aromatic rings. The van der Waals surface area contributed by atoms with Crippen LogP contribution >= 0.6 is 11.8 Å². The van der Waals surface area contributed by atoms with Crippen LogP contribution < -0.4 is 0 Å². The molecule has 0 N–H and O–H groups in total. The van der Waals surface area contributed by atoms with Crippen molar-refractivity contribution < 1.29 is 12.8 Å². The molecule has 0 bridgehead atoms.